The van der Waals surface area contributed by atoms with Crippen LogP contribution in [0, 0.1) is 0 Å². The molecule has 0 bridgehead atoms. The lowest BCUT2D eigenvalue weighted by molar-refractivity contribution is 0.792. The van der Waals surface area contributed by atoms with Crippen molar-refractivity contribution in [2.75, 3.05) is 0 Å². The molecule has 4 aliphatic rings. The molecule has 0 radical (unpaired) electrons. The van der Waals surface area contributed by atoms with Crippen molar-refractivity contribution in [2.45, 2.75) is 30.1 Å². The molecule has 1 spiro atoms. The third-order valence-electron chi connectivity index (χ3n) is 12.7. The number of fused-ring (bicyclic) bond motifs is 17. The zero-order valence-electron chi connectivity index (χ0n) is 28.2. The molecule has 0 aromatic heterocycles. The summed E-state index contributed by atoms with van der Waals surface area (Å²) in [5.41, 5.74) is 22.2. The molecule has 0 heterocycles. The van der Waals surface area contributed by atoms with Gasteiger partial charge in [-0.2, -0.15) is 0 Å². The minimum absolute atomic E-state index is 0.313. The van der Waals surface area contributed by atoms with E-state index in [0.717, 1.165) is 6.42 Å². The second kappa shape index (κ2) is 10.1. The molecule has 4 aliphatic carbocycles. The Hall–Kier alpha value is -5.98. The summed E-state index contributed by atoms with van der Waals surface area (Å²) in [6.45, 7) is 0. The van der Waals surface area contributed by atoms with E-state index in [-0.39, 0.29) is 5.41 Å². The molecule has 0 N–H and O–H groups in total. The second-order valence-electron chi connectivity index (χ2n) is 15.1. The summed E-state index contributed by atoms with van der Waals surface area (Å²) in [5.74, 6) is 1.28. The van der Waals surface area contributed by atoms with Crippen molar-refractivity contribution in [3.63, 3.8) is 0 Å². The molecule has 8 aromatic carbocycles. The quantitative estimate of drug-likeness (QED) is 0.179. The molecule has 0 heteroatoms. The molecule has 0 amide bonds. The van der Waals surface area contributed by atoms with E-state index in [4.69, 9.17) is 0 Å². The maximum Gasteiger partial charge on any atom is 0.0725 e. The second-order valence-corrected chi connectivity index (χ2v) is 15.1. The Bertz CT molecular complexity index is 2710. The van der Waals surface area contributed by atoms with E-state index in [1.807, 2.05) is 0 Å². The summed E-state index contributed by atoms with van der Waals surface area (Å²) in [7, 11) is 0. The molecule has 1 saturated carbocycles. The first-order valence-corrected chi connectivity index (χ1v) is 18.5. The zero-order chi connectivity index (χ0) is 33.3. The first-order valence-electron chi connectivity index (χ1n) is 18.5. The largest absolute Gasteiger partial charge is 0.0725 e. The molecule has 238 valence electrons. The van der Waals surface area contributed by atoms with Crippen LogP contribution in [0.3, 0.4) is 0 Å². The number of rotatable bonds is 3. The van der Waals surface area contributed by atoms with Gasteiger partial charge in [0.2, 0.25) is 0 Å². The van der Waals surface area contributed by atoms with Gasteiger partial charge in [0, 0.05) is 0 Å². The van der Waals surface area contributed by atoms with Crippen molar-refractivity contribution in [1.82, 2.24) is 0 Å². The van der Waals surface area contributed by atoms with Crippen LogP contribution in [0.25, 0.3) is 55.3 Å². The number of hydrogen-bond donors (Lipinski definition) is 0. The molecule has 12 rings (SSSR count). The zero-order valence-corrected chi connectivity index (χ0v) is 28.2. The van der Waals surface area contributed by atoms with E-state index >= 15 is 0 Å². The van der Waals surface area contributed by atoms with Gasteiger partial charge in [0.05, 0.1) is 5.41 Å². The summed E-state index contributed by atoms with van der Waals surface area (Å²) >= 11 is 0. The molecule has 0 saturated heterocycles. The van der Waals surface area contributed by atoms with Crippen LogP contribution in [0.1, 0.15) is 62.8 Å². The molecule has 2 atom stereocenters. The van der Waals surface area contributed by atoms with Gasteiger partial charge in [-0.25, -0.2) is 0 Å². The molecule has 0 aliphatic heterocycles. The number of benzene rings is 8. The van der Waals surface area contributed by atoms with Gasteiger partial charge >= 0.3 is 0 Å². The summed E-state index contributed by atoms with van der Waals surface area (Å²) < 4.78 is 0. The minimum atomic E-state index is -0.313. The molecular formula is C51H34. The summed E-state index contributed by atoms with van der Waals surface area (Å²) in [5, 5.41) is 2.70. The average Bonchev–Trinajstić information content (AvgIpc) is 3.88. The predicted octanol–water partition coefficient (Wildman–Crippen LogP) is 12.7. The third kappa shape index (κ3) is 3.60. The van der Waals surface area contributed by atoms with Crippen molar-refractivity contribution < 1.29 is 0 Å². The number of hydrogen-bond acceptors (Lipinski definition) is 0. The molecule has 1 fully saturated rings. The monoisotopic (exact) mass is 646 g/mol. The van der Waals surface area contributed by atoms with Gasteiger partial charge in [0.25, 0.3) is 0 Å². The fourth-order valence-corrected chi connectivity index (χ4v) is 10.6. The average molecular weight is 647 g/mol. The van der Waals surface area contributed by atoms with Gasteiger partial charge in [-0.1, -0.05) is 170 Å². The van der Waals surface area contributed by atoms with Crippen LogP contribution in [0.4, 0.5) is 0 Å². The van der Waals surface area contributed by atoms with Crippen molar-refractivity contribution in [1.29, 1.82) is 0 Å². The van der Waals surface area contributed by atoms with E-state index in [1.165, 1.54) is 101 Å². The highest BCUT2D eigenvalue weighted by atomic mass is 14.5. The topological polar surface area (TPSA) is 0 Å². The Morgan fingerprint density at radius 2 is 0.922 bits per heavy atom. The van der Waals surface area contributed by atoms with Crippen LogP contribution >= 0.6 is 0 Å². The van der Waals surface area contributed by atoms with Crippen LogP contribution in [0.5, 0.6) is 0 Å². The highest BCUT2D eigenvalue weighted by molar-refractivity contribution is 6.01. The van der Waals surface area contributed by atoms with Crippen molar-refractivity contribution in [3.05, 3.63) is 214 Å². The smallest absolute Gasteiger partial charge is 0.0619 e. The normalized spacial score (nSPS) is 17.6. The van der Waals surface area contributed by atoms with Gasteiger partial charge in [0.15, 0.2) is 0 Å². The van der Waals surface area contributed by atoms with Gasteiger partial charge in [0.1, 0.15) is 0 Å². The van der Waals surface area contributed by atoms with Crippen LogP contribution in [0.15, 0.2) is 170 Å². The Morgan fingerprint density at radius 3 is 1.63 bits per heavy atom. The Balaban J connectivity index is 1.01. The molecule has 51 heavy (non-hydrogen) atoms. The van der Waals surface area contributed by atoms with Gasteiger partial charge < -0.3 is 0 Å². The third-order valence-corrected chi connectivity index (χ3v) is 12.7. The summed E-state index contributed by atoms with van der Waals surface area (Å²) in [4.78, 5) is 0. The SMILES string of the molecule is c1ccc2c(c1)-c1cccc(-c3ccc(Cc4ccc5c(c4)C4(c6ccccc6-c6ccccc64)c4ccccc4-5)c4ccccc34)c1C1CC21. The highest BCUT2D eigenvalue weighted by Gasteiger charge is 2.51. The van der Waals surface area contributed by atoms with Crippen molar-refractivity contribution >= 4 is 10.8 Å². The van der Waals surface area contributed by atoms with E-state index in [2.05, 4.69) is 170 Å². The van der Waals surface area contributed by atoms with Crippen LogP contribution in [-0.4, -0.2) is 0 Å². The minimum Gasteiger partial charge on any atom is -0.0619 e. The predicted molar refractivity (Wildman–Crippen MR) is 210 cm³/mol. The fourth-order valence-electron chi connectivity index (χ4n) is 10.6. The maximum atomic E-state index is 2.54. The molecule has 2 unspecified atom stereocenters. The van der Waals surface area contributed by atoms with Gasteiger partial charge in [-0.3, -0.25) is 0 Å². The molecule has 8 aromatic rings. The van der Waals surface area contributed by atoms with E-state index in [9.17, 15) is 0 Å². The van der Waals surface area contributed by atoms with Crippen LogP contribution in [-0.2, 0) is 11.8 Å². The maximum absolute atomic E-state index is 2.54. The first-order chi connectivity index (χ1) is 25.3. The van der Waals surface area contributed by atoms with E-state index in [0.29, 0.717) is 11.8 Å². The summed E-state index contributed by atoms with van der Waals surface area (Å²) in [6.07, 6.45) is 2.14. The standard InChI is InChI=1S/C51H34/c1-2-13-34-33(12-1)32(25-27-37(34)43-20-11-19-42-35-14-3-4-15-36(35)44-30-45(44)50(42)43)28-31-24-26-41-40-18-7-10-23-48(40)51(49(41)29-31)46-21-8-5-16-38(46)39-17-6-9-22-47(39)51/h1-27,29,44-45H,28,30H2. The van der Waals surface area contributed by atoms with Crippen LogP contribution in [0.2, 0.25) is 0 Å². The fraction of sp³-hybridized carbons (Fsp3) is 0.0980. The van der Waals surface area contributed by atoms with Gasteiger partial charge in [-0.15, -0.1) is 0 Å². The lowest BCUT2D eigenvalue weighted by Crippen LogP contribution is -2.26. The van der Waals surface area contributed by atoms with E-state index < -0.39 is 0 Å². The summed E-state index contributed by atoms with van der Waals surface area (Å²) in [6, 6.07) is 64.6. The van der Waals surface area contributed by atoms with Crippen molar-refractivity contribution in [2.24, 2.45) is 0 Å². The van der Waals surface area contributed by atoms with Crippen molar-refractivity contribution in [3.8, 4) is 44.5 Å². The highest BCUT2D eigenvalue weighted by Crippen LogP contribution is 2.65. The Labute approximate surface area is 298 Å². The lowest BCUT2D eigenvalue weighted by Gasteiger charge is -2.30. The van der Waals surface area contributed by atoms with Crippen LogP contribution < -0.4 is 0 Å². The van der Waals surface area contributed by atoms with Gasteiger partial charge in [-0.05, 0) is 124 Å². The molecule has 0 nitrogen and oxygen atoms in total. The molecular weight excluding hydrogens is 613 g/mol. The first kappa shape index (κ1) is 27.8. The Kier molecular flexibility index (Phi) is 5.48. The van der Waals surface area contributed by atoms with E-state index in [1.54, 1.807) is 5.56 Å². The lowest BCUT2D eigenvalue weighted by atomic mass is 9.70. The Morgan fingerprint density at radius 1 is 0.392 bits per heavy atom.